The molecule has 0 saturated carbocycles. The molecule has 0 aliphatic carbocycles. The fourth-order valence-electron chi connectivity index (χ4n) is 1.51. The quantitative estimate of drug-likeness (QED) is 0.763. The van der Waals surface area contributed by atoms with Gasteiger partial charge in [0.05, 0.1) is 19.4 Å². The summed E-state index contributed by atoms with van der Waals surface area (Å²) >= 11 is 0. The number of benzene rings is 1. The Morgan fingerprint density at radius 3 is 2.83 bits per heavy atom. The molecule has 18 heavy (non-hydrogen) atoms. The standard InChI is InChI=1S/C13H20N2O3/c1-4-18-9-8-14-13(16)15-12-10(2)6-5-7-11(12)17-3/h5-7H,4,8-9H2,1-3H3,(H2,14,15,16). The van der Waals surface area contributed by atoms with E-state index in [0.29, 0.717) is 31.2 Å². The normalized spacial score (nSPS) is 9.94. The summed E-state index contributed by atoms with van der Waals surface area (Å²) in [7, 11) is 1.58. The van der Waals surface area contributed by atoms with E-state index in [1.807, 2.05) is 32.0 Å². The molecule has 0 atom stereocenters. The maximum Gasteiger partial charge on any atom is 0.319 e. The van der Waals surface area contributed by atoms with Crippen molar-refractivity contribution >= 4 is 11.7 Å². The predicted octanol–water partition coefficient (Wildman–Crippen LogP) is 2.16. The zero-order valence-electron chi connectivity index (χ0n) is 11.1. The third-order valence-corrected chi connectivity index (χ3v) is 2.43. The minimum atomic E-state index is -0.262. The molecule has 0 heterocycles. The number of carbonyl (C=O) groups is 1. The Morgan fingerprint density at radius 2 is 2.17 bits per heavy atom. The Bertz CT molecular complexity index is 394. The van der Waals surface area contributed by atoms with Gasteiger partial charge in [-0.2, -0.15) is 0 Å². The van der Waals surface area contributed by atoms with Crippen molar-refractivity contribution in [2.24, 2.45) is 0 Å². The number of para-hydroxylation sites is 1. The molecule has 0 radical (unpaired) electrons. The molecule has 0 saturated heterocycles. The number of urea groups is 1. The summed E-state index contributed by atoms with van der Waals surface area (Å²) in [6, 6.07) is 5.34. The number of ether oxygens (including phenoxy) is 2. The number of nitrogens with one attached hydrogen (secondary N) is 2. The van der Waals surface area contributed by atoms with Crippen LogP contribution in [0.25, 0.3) is 0 Å². The minimum absolute atomic E-state index is 0.262. The Morgan fingerprint density at radius 1 is 1.39 bits per heavy atom. The van der Waals surface area contributed by atoms with E-state index in [1.165, 1.54) is 0 Å². The molecular weight excluding hydrogens is 232 g/mol. The van der Waals surface area contributed by atoms with Crippen LogP contribution in [0.1, 0.15) is 12.5 Å². The fraction of sp³-hybridized carbons (Fsp3) is 0.462. The summed E-state index contributed by atoms with van der Waals surface area (Å²) < 4.78 is 10.3. The zero-order valence-corrected chi connectivity index (χ0v) is 11.1. The van der Waals surface area contributed by atoms with Gasteiger partial charge in [-0.25, -0.2) is 4.79 Å². The minimum Gasteiger partial charge on any atom is -0.495 e. The molecule has 1 aromatic rings. The lowest BCUT2D eigenvalue weighted by Gasteiger charge is -2.13. The molecule has 0 aliphatic heterocycles. The van der Waals surface area contributed by atoms with Crippen molar-refractivity contribution in [2.75, 3.05) is 32.2 Å². The average molecular weight is 252 g/mol. The number of anilines is 1. The SMILES string of the molecule is CCOCCNC(=O)Nc1c(C)cccc1OC. The Kier molecular flexibility index (Phi) is 6.00. The van der Waals surface area contributed by atoms with Crippen molar-refractivity contribution < 1.29 is 14.3 Å². The maximum absolute atomic E-state index is 11.7. The first kappa shape index (κ1) is 14.3. The molecule has 0 fully saturated rings. The van der Waals surface area contributed by atoms with Gasteiger partial charge in [-0.1, -0.05) is 12.1 Å². The van der Waals surface area contributed by atoms with Crippen LogP contribution < -0.4 is 15.4 Å². The lowest BCUT2D eigenvalue weighted by molar-refractivity contribution is 0.150. The van der Waals surface area contributed by atoms with E-state index >= 15 is 0 Å². The molecule has 0 spiro atoms. The number of rotatable bonds is 6. The molecule has 0 aliphatic rings. The molecule has 5 heteroatoms. The van der Waals surface area contributed by atoms with Crippen LogP contribution in [0.5, 0.6) is 5.75 Å². The molecule has 2 amide bonds. The molecule has 0 unspecified atom stereocenters. The van der Waals surface area contributed by atoms with Crippen LogP contribution in [0.15, 0.2) is 18.2 Å². The van der Waals surface area contributed by atoms with E-state index in [1.54, 1.807) is 7.11 Å². The van der Waals surface area contributed by atoms with Gasteiger partial charge in [-0.05, 0) is 25.5 Å². The summed E-state index contributed by atoms with van der Waals surface area (Å²) in [5.74, 6) is 0.648. The van der Waals surface area contributed by atoms with E-state index in [2.05, 4.69) is 10.6 Å². The summed E-state index contributed by atoms with van der Waals surface area (Å²) in [6.45, 7) is 5.47. The topological polar surface area (TPSA) is 59.6 Å². The first-order valence-electron chi connectivity index (χ1n) is 5.95. The van der Waals surface area contributed by atoms with Crippen molar-refractivity contribution in [2.45, 2.75) is 13.8 Å². The number of carbonyl (C=O) groups excluding carboxylic acids is 1. The lowest BCUT2D eigenvalue weighted by Crippen LogP contribution is -2.31. The molecule has 1 aromatic carbocycles. The summed E-state index contributed by atoms with van der Waals surface area (Å²) in [6.07, 6.45) is 0. The largest absolute Gasteiger partial charge is 0.495 e. The smallest absolute Gasteiger partial charge is 0.319 e. The van der Waals surface area contributed by atoms with Gasteiger partial charge in [0.25, 0.3) is 0 Å². The third-order valence-electron chi connectivity index (χ3n) is 2.43. The van der Waals surface area contributed by atoms with E-state index in [0.717, 1.165) is 5.56 Å². The highest BCUT2D eigenvalue weighted by molar-refractivity contribution is 5.91. The van der Waals surface area contributed by atoms with Gasteiger partial charge in [0, 0.05) is 13.2 Å². The van der Waals surface area contributed by atoms with Gasteiger partial charge in [-0.15, -0.1) is 0 Å². The number of amides is 2. The van der Waals surface area contributed by atoms with Crippen molar-refractivity contribution in [3.05, 3.63) is 23.8 Å². The average Bonchev–Trinajstić information content (AvgIpc) is 2.37. The molecule has 0 aromatic heterocycles. The zero-order chi connectivity index (χ0) is 13.4. The lowest BCUT2D eigenvalue weighted by atomic mass is 10.2. The van der Waals surface area contributed by atoms with Crippen LogP contribution in [-0.4, -0.2) is 32.9 Å². The maximum atomic E-state index is 11.7. The summed E-state index contributed by atoms with van der Waals surface area (Å²) in [4.78, 5) is 11.7. The van der Waals surface area contributed by atoms with Gasteiger partial charge in [0.1, 0.15) is 5.75 Å². The summed E-state index contributed by atoms with van der Waals surface area (Å²) in [5.41, 5.74) is 1.64. The van der Waals surface area contributed by atoms with Crippen LogP contribution >= 0.6 is 0 Å². The van der Waals surface area contributed by atoms with Gasteiger partial charge in [-0.3, -0.25) is 0 Å². The molecule has 0 bridgehead atoms. The molecule has 5 nitrogen and oxygen atoms in total. The molecule has 100 valence electrons. The van der Waals surface area contributed by atoms with Crippen LogP contribution in [-0.2, 0) is 4.74 Å². The number of methoxy groups -OCH3 is 1. The Balaban J connectivity index is 2.53. The van der Waals surface area contributed by atoms with Crippen molar-refractivity contribution in [1.82, 2.24) is 5.32 Å². The van der Waals surface area contributed by atoms with Gasteiger partial charge in [0.15, 0.2) is 0 Å². The molecule has 1 rings (SSSR count). The number of aryl methyl sites for hydroxylation is 1. The van der Waals surface area contributed by atoms with Gasteiger partial charge >= 0.3 is 6.03 Å². The highest BCUT2D eigenvalue weighted by Gasteiger charge is 2.09. The van der Waals surface area contributed by atoms with Crippen LogP contribution in [0, 0.1) is 6.92 Å². The van der Waals surface area contributed by atoms with E-state index in [-0.39, 0.29) is 6.03 Å². The monoisotopic (exact) mass is 252 g/mol. The van der Waals surface area contributed by atoms with E-state index in [4.69, 9.17) is 9.47 Å². The van der Waals surface area contributed by atoms with Crippen molar-refractivity contribution in [1.29, 1.82) is 0 Å². The third kappa shape index (κ3) is 4.25. The number of hydrogen-bond acceptors (Lipinski definition) is 3. The highest BCUT2D eigenvalue weighted by atomic mass is 16.5. The van der Waals surface area contributed by atoms with Gasteiger partial charge < -0.3 is 20.1 Å². The predicted molar refractivity (Wildman–Crippen MR) is 71.2 cm³/mol. The highest BCUT2D eigenvalue weighted by Crippen LogP contribution is 2.27. The first-order chi connectivity index (χ1) is 8.69. The van der Waals surface area contributed by atoms with E-state index in [9.17, 15) is 4.79 Å². The Labute approximate surface area is 107 Å². The molecule has 2 N–H and O–H groups in total. The van der Waals surface area contributed by atoms with Crippen molar-refractivity contribution in [3.63, 3.8) is 0 Å². The number of hydrogen-bond donors (Lipinski definition) is 2. The second kappa shape index (κ2) is 7.55. The fourth-order valence-corrected chi connectivity index (χ4v) is 1.51. The van der Waals surface area contributed by atoms with Crippen LogP contribution in [0.3, 0.4) is 0 Å². The molecular formula is C13H20N2O3. The van der Waals surface area contributed by atoms with Crippen LogP contribution in [0.4, 0.5) is 10.5 Å². The van der Waals surface area contributed by atoms with Crippen molar-refractivity contribution in [3.8, 4) is 5.75 Å². The van der Waals surface area contributed by atoms with Gasteiger partial charge in [0.2, 0.25) is 0 Å². The van der Waals surface area contributed by atoms with Crippen LogP contribution in [0.2, 0.25) is 0 Å². The summed E-state index contributed by atoms with van der Waals surface area (Å²) in [5, 5.41) is 5.49. The second-order valence-electron chi connectivity index (χ2n) is 3.73. The van der Waals surface area contributed by atoms with E-state index < -0.39 is 0 Å². The first-order valence-corrected chi connectivity index (χ1v) is 5.95. The second-order valence-corrected chi connectivity index (χ2v) is 3.73. The Hall–Kier alpha value is -1.75.